The molecule has 1 atom stereocenters. The molecule has 1 amide bonds. The average Bonchev–Trinajstić information content (AvgIpc) is 3.39. The molecule has 0 saturated carbocycles. The van der Waals surface area contributed by atoms with Gasteiger partial charge < -0.3 is 19.1 Å². The van der Waals surface area contributed by atoms with Gasteiger partial charge in [-0.25, -0.2) is 4.98 Å². The van der Waals surface area contributed by atoms with Gasteiger partial charge in [0.2, 0.25) is 5.75 Å². The van der Waals surface area contributed by atoms with E-state index in [1.807, 2.05) is 23.1 Å². The SMILES string of the molecule is COc1cc(C(=O)N2CCCC2c2nc3ccccc3s2)cc2c1OCCO2. The molecule has 1 fully saturated rings. The van der Waals surface area contributed by atoms with Crippen molar-refractivity contribution in [2.24, 2.45) is 0 Å². The van der Waals surface area contributed by atoms with Gasteiger partial charge in [0.1, 0.15) is 18.2 Å². The van der Waals surface area contributed by atoms with E-state index >= 15 is 0 Å². The van der Waals surface area contributed by atoms with E-state index in [1.165, 1.54) is 0 Å². The van der Waals surface area contributed by atoms with E-state index < -0.39 is 0 Å². The summed E-state index contributed by atoms with van der Waals surface area (Å²) >= 11 is 1.67. The number of carbonyl (C=O) groups is 1. The highest BCUT2D eigenvalue weighted by Gasteiger charge is 2.34. The fraction of sp³-hybridized carbons (Fsp3) is 0.333. The van der Waals surface area contributed by atoms with Crippen LogP contribution in [0.15, 0.2) is 36.4 Å². The fourth-order valence-electron chi connectivity index (χ4n) is 3.86. The van der Waals surface area contributed by atoms with E-state index in [1.54, 1.807) is 30.6 Å². The van der Waals surface area contributed by atoms with E-state index in [2.05, 4.69) is 6.07 Å². The summed E-state index contributed by atoms with van der Waals surface area (Å²) in [5.74, 6) is 1.62. The topological polar surface area (TPSA) is 60.9 Å². The van der Waals surface area contributed by atoms with Gasteiger partial charge in [0, 0.05) is 12.1 Å². The van der Waals surface area contributed by atoms with Gasteiger partial charge in [-0.1, -0.05) is 12.1 Å². The van der Waals surface area contributed by atoms with Crippen molar-refractivity contribution in [2.75, 3.05) is 26.9 Å². The summed E-state index contributed by atoms with van der Waals surface area (Å²) < 4.78 is 17.9. The van der Waals surface area contributed by atoms with Gasteiger partial charge in [0.05, 0.1) is 23.4 Å². The third-order valence-electron chi connectivity index (χ3n) is 5.18. The van der Waals surface area contributed by atoms with Gasteiger partial charge in [-0.2, -0.15) is 0 Å². The van der Waals surface area contributed by atoms with Crippen molar-refractivity contribution in [2.45, 2.75) is 18.9 Å². The van der Waals surface area contributed by atoms with Gasteiger partial charge >= 0.3 is 0 Å². The number of hydrogen-bond donors (Lipinski definition) is 0. The van der Waals surface area contributed by atoms with Crippen LogP contribution in [0.25, 0.3) is 10.2 Å². The van der Waals surface area contributed by atoms with Crippen LogP contribution >= 0.6 is 11.3 Å². The van der Waals surface area contributed by atoms with E-state index in [-0.39, 0.29) is 11.9 Å². The number of amides is 1. The molecule has 3 aromatic rings. The Kier molecular flexibility index (Phi) is 4.31. The first-order valence-corrected chi connectivity index (χ1v) is 10.2. The quantitative estimate of drug-likeness (QED) is 0.668. The van der Waals surface area contributed by atoms with Crippen molar-refractivity contribution in [1.82, 2.24) is 9.88 Å². The van der Waals surface area contributed by atoms with Gasteiger partial charge in [0.25, 0.3) is 5.91 Å². The Morgan fingerprint density at radius 3 is 2.96 bits per heavy atom. The van der Waals surface area contributed by atoms with E-state index in [0.717, 1.165) is 34.6 Å². The zero-order valence-electron chi connectivity index (χ0n) is 15.5. The number of fused-ring (bicyclic) bond motifs is 2. The molecule has 28 heavy (non-hydrogen) atoms. The summed E-state index contributed by atoms with van der Waals surface area (Å²) in [5, 5.41) is 0.997. The molecule has 0 aliphatic carbocycles. The Hall–Kier alpha value is -2.80. The standard InChI is InChI=1S/C21H20N2O4S/c1-25-16-11-13(12-17-19(16)27-10-9-26-17)21(24)23-8-4-6-15(23)20-22-14-5-2-3-7-18(14)28-20/h2-3,5,7,11-12,15H,4,6,8-10H2,1H3. The minimum absolute atomic E-state index is 0.00379. The maximum Gasteiger partial charge on any atom is 0.254 e. The van der Waals surface area contributed by atoms with Crippen molar-refractivity contribution in [1.29, 1.82) is 0 Å². The maximum absolute atomic E-state index is 13.4. The van der Waals surface area contributed by atoms with Crippen molar-refractivity contribution in [3.63, 3.8) is 0 Å². The fourth-order valence-corrected chi connectivity index (χ4v) is 4.98. The average molecular weight is 396 g/mol. The number of aromatic nitrogens is 1. The lowest BCUT2D eigenvalue weighted by atomic mass is 10.1. The van der Waals surface area contributed by atoms with Gasteiger partial charge in [-0.3, -0.25) is 4.79 Å². The Labute approximate surface area is 166 Å². The molecule has 1 saturated heterocycles. The zero-order chi connectivity index (χ0) is 19.1. The number of thiazole rings is 1. The molecule has 7 heteroatoms. The molecule has 1 unspecified atom stereocenters. The molecule has 2 aliphatic rings. The molecule has 5 rings (SSSR count). The van der Waals surface area contributed by atoms with Gasteiger partial charge in [0.15, 0.2) is 11.5 Å². The number of rotatable bonds is 3. The first kappa shape index (κ1) is 17.3. The number of nitrogens with zero attached hydrogens (tertiary/aromatic N) is 2. The van der Waals surface area contributed by atoms with Crippen LogP contribution in [0.5, 0.6) is 17.2 Å². The van der Waals surface area contributed by atoms with Crippen molar-refractivity contribution < 1.29 is 19.0 Å². The Bertz CT molecular complexity index is 998. The number of hydrogen-bond acceptors (Lipinski definition) is 6. The molecule has 144 valence electrons. The van der Waals surface area contributed by atoms with Crippen molar-refractivity contribution in [3.05, 3.63) is 47.0 Å². The lowest BCUT2D eigenvalue weighted by Gasteiger charge is -2.25. The largest absolute Gasteiger partial charge is 0.493 e. The first-order valence-electron chi connectivity index (χ1n) is 9.38. The third-order valence-corrected chi connectivity index (χ3v) is 6.32. The highest BCUT2D eigenvalue weighted by molar-refractivity contribution is 7.18. The highest BCUT2D eigenvalue weighted by Crippen LogP contribution is 2.42. The smallest absolute Gasteiger partial charge is 0.254 e. The number of carbonyl (C=O) groups excluding carboxylic acids is 1. The predicted molar refractivity (Wildman–Crippen MR) is 107 cm³/mol. The van der Waals surface area contributed by atoms with E-state index in [4.69, 9.17) is 19.2 Å². The summed E-state index contributed by atoms with van der Waals surface area (Å²) in [7, 11) is 1.57. The molecule has 0 spiro atoms. The van der Waals surface area contributed by atoms with Crippen LogP contribution in [0, 0.1) is 0 Å². The molecule has 0 radical (unpaired) electrons. The first-order chi connectivity index (χ1) is 13.7. The highest BCUT2D eigenvalue weighted by atomic mass is 32.1. The van der Waals surface area contributed by atoms with Crippen LogP contribution in [-0.4, -0.2) is 42.7 Å². The lowest BCUT2D eigenvalue weighted by molar-refractivity contribution is 0.0733. The third kappa shape index (κ3) is 2.86. The molecule has 0 N–H and O–H groups in total. The molecule has 0 bridgehead atoms. The summed E-state index contributed by atoms with van der Waals surface area (Å²) in [6, 6.07) is 11.6. The van der Waals surface area contributed by atoms with Gasteiger partial charge in [-0.15, -0.1) is 11.3 Å². The Morgan fingerprint density at radius 1 is 1.25 bits per heavy atom. The van der Waals surface area contributed by atoms with Gasteiger partial charge in [-0.05, 0) is 37.1 Å². The predicted octanol–water partition coefficient (Wildman–Crippen LogP) is 4.05. The normalized spacial score (nSPS) is 18.5. The van der Waals surface area contributed by atoms with Crippen molar-refractivity contribution >= 4 is 27.5 Å². The summed E-state index contributed by atoms with van der Waals surface area (Å²) in [6.07, 6.45) is 1.89. The second-order valence-electron chi connectivity index (χ2n) is 6.88. The van der Waals surface area contributed by atoms with Crippen LogP contribution in [0.1, 0.15) is 34.2 Å². The molecular formula is C21H20N2O4S. The molecular weight excluding hydrogens is 376 g/mol. The number of ether oxygens (including phenoxy) is 3. The molecule has 6 nitrogen and oxygen atoms in total. The van der Waals surface area contributed by atoms with Crippen LogP contribution < -0.4 is 14.2 Å². The van der Waals surface area contributed by atoms with Crippen LogP contribution in [0.4, 0.5) is 0 Å². The maximum atomic E-state index is 13.4. The molecule has 1 aromatic heterocycles. The minimum atomic E-state index is -0.0305. The lowest BCUT2D eigenvalue weighted by Crippen LogP contribution is -2.30. The second kappa shape index (κ2) is 6.98. The van der Waals surface area contributed by atoms with Crippen LogP contribution in [-0.2, 0) is 0 Å². The number of benzene rings is 2. The zero-order valence-corrected chi connectivity index (χ0v) is 16.3. The Morgan fingerprint density at radius 2 is 2.11 bits per heavy atom. The number of likely N-dealkylation sites (tertiary alicyclic amines) is 1. The summed E-state index contributed by atoms with van der Waals surface area (Å²) in [5.41, 5.74) is 1.54. The summed E-state index contributed by atoms with van der Waals surface area (Å²) in [6.45, 7) is 1.66. The van der Waals surface area contributed by atoms with Crippen molar-refractivity contribution in [3.8, 4) is 17.2 Å². The van der Waals surface area contributed by atoms with Crippen LogP contribution in [0.3, 0.4) is 0 Å². The second-order valence-corrected chi connectivity index (χ2v) is 7.94. The Balaban J connectivity index is 1.48. The molecule has 2 aromatic carbocycles. The molecule has 3 heterocycles. The summed E-state index contributed by atoms with van der Waals surface area (Å²) in [4.78, 5) is 20.1. The number of methoxy groups -OCH3 is 1. The number of para-hydroxylation sites is 1. The van der Waals surface area contributed by atoms with E-state index in [0.29, 0.717) is 36.0 Å². The minimum Gasteiger partial charge on any atom is -0.493 e. The molecule has 2 aliphatic heterocycles. The van der Waals surface area contributed by atoms with E-state index in [9.17, 15) is 4.79 Å². The van der Waals surface area contributed by atoms with Crippen LogP contribution in [0.2, 0.25) is 0 Å². The monoisotopic (exact) mass is 396 g/mol.